The van der Waals surface area contributed by atoms with Crippen LogP contribution in [0.1, 0.15) is 23.2 Å². The van der Waals surface area contributed by atoms with E-state index in [1.165, 1.54) is 16.4 Å². The van der Waals surface area contributed by atoms with Gasteiger partial charge >= 0.3 is 0 Å². The Labute approximate surface area is 175 Å². The molecule has 0 spiro atoms. The Morgan fingerprint density at radius 3 is 2.37 bits per heavy atom. The van der Waals surface area contributed by atoms with Gasteiger partial charge in [-0.2, -0.15) is 4.31 Å². The predicted molar refractivity (Wildman–Crippen MR) is 108 cm³/mol. The summed E-state index contributed by atoms with van der Waals surface area (Å²) < 4.78 is 37.9. The molecule has 2 aliphatic rings. The van der Waals surface area contributed by atoms with Gasteiger partial charge in [0.25, 0.3) is 5.91 Å². The minimum atomic E-state index is -3.57. The van der Waals surface area contributed by atoms with Crippen LogP contribution in [0.4, 0.5) is 0 Å². The van der Waals surface area contributed by atoms with Gasteiger partial charge in [-0.15, -0.1) is 0 Å². The summed E-state index contributed by atoms with van der Waals surface area (Å²) in [6.45, 7) is 2.61. The van der Waals surface area contributed by atoms with Crippen molar-refractivity contribution in [3.8, 4) is 5.88 Å². The van der Waals surface area contributed by atoms with Gasteiger partial charge in [-0.3, -0.25) is 9.78 Å². The Balaban J connectivity index is 1.35. The zero-order chi connectivity index (χ0) is 21.0. The molecule has 0 radical (unpaired) electrons. The third kappa shape index (κ3) is 4.61. The quantitative estimate of drug-likeness (QED) is 0.699. The summed E-state index contributed by atoms with van der Waals surface area (Å²) in [7, 11) is -3.57. The van der Waals surface area contributed by atoms with Crippen molar-refractivity contribution in [2.24, 2.45) is 0 Å². The van der Waals surface area contributed by atoms with Crippen molar-refractivity contribution in [3.63, 3.8) is 0 Å². The van der Waals surface area contributed by atoms with Crippen molar-refractivity contribution >= 4 is 15.9 Å². The number of morpholine rings is 1. The number of piperidine rings is 1. The minimum absolute atomic E-state index is 0.00760. The number of hydrogen-bond acceptors (Lipinski definition) is 7. The zero-order valence-electron chi connectivity index (χ0n) is 16.5. The number of sulfonamides is 1. The zero-order valence-corrected chi connectivity index (χ0v) is 17.3. The molecule has 0 N–H and O–H groups in total. The lowest BCUT2D eigenvalue weighted by atomic mass is 10.1. The van der Waals surface area contributed by atoms with E-state index in [-0.39, 0.29) is 16.9 Å². The van der Waals surface area contributed by atoms with Crippen LogP contribution in [0.25, 0.3) is 0 Å². The molecule has 10 heteroatoms. The Morgan fingerprint density at radius 1 is 1.03 bits per heavy atom. The highest BCUT2D eigenvalue weighted by atomic mass is 32.2. The standard InChI is InChI=1S/C20H24N4O5S/c25-20(23-9-5-17(6-10-23)29-19-15-21-7-8-22-19)16-1-3-18(4-2-16)30(26,27)24-11-13-28-14-12-24/h1-4,7-8,15,17H,5-6,9-14H2. The minimum Gasteiger partial charge on any atom is -0.473 e. The Bertz CT molecular complexity index is 954. The third-order valence-corrected chi connectivity index (χ3v) is 7.18. The number of likely N-dealkylation sites (tertiary alicyclic amines) is 1. The maximum Gasteiger partial charge on any atom is 0.253 e. The molecule has 4 rings (SSSR count). The fourth-order valence-electron chi connectivity index (χ4n) is 3.58. The van der Waals surface area contributed by atoms with Gasteiger partial charge in [0, 0.05) is 57.0 Å². The number of ether oxygens (including phenoxy) is 2. The average molecular weight is 433 g/mol. The highest BCUT2D eigenvalue weighted by molar-refractivity contribution is 7.89. The first-order valence-electron chi connectivity index (χ1n) is 9.94. The molecule has 1 aromatic heterocycles. The molecule has 0 aliphatic carbocycles. The Morgan fingerprint density at radius 2 is 1.73 bits per heavy atom. The van der Waals surface area contributed by atoms with Gasteiger partial charge in [-0.05, 0) is 24.3 Å². The molecule has 2 aliphatic heterocycles. The molecule has 0 unspecified atom stereocenters. The molecule has 160 valence electrons. The molecular formula is C20H24N4O5S. The van der Waals surface area contributed by atoms with E-state index in [4.69, 9.17) is 9.47 Å². The van der Waals surface area contributed by atoms with Crippen LogP contribution in [-0.2, 0) is 14.8 Å². The first-order valence-corrected chi connectivity index (χ1v) is 11.4. The highest BCUT2D eigenvalue weighted by Gasteiger charge is 2.28. The monoisotopic (exact) mass is 432 g/mol. The molecule has 0 atom stereocenters. The molecule has 2 saturated heterocycles. The van der Waals surface area contributed by atoms with Gasteiger partial charge in [0.15, 0.2) is 0 Å². The van der Waals surface area contributed by atoms with Gasteiger partial charge < -0.3 is 14.4 Å². The molecule has 2 fully saturated rings. The number of hydrogen-bond donors (Lipinski definition) is 0. The molecule has 3 heterocycles. The number of carbonyl (C=O) groups excluding carboxylic acids is 1. The van der Waals surface area contributed by atoms with E-state index < -0.39 is 10.0 Å². The Kier molecular flexibility index (Phi) is 6.26. The number of nitrogens with zero attached hydrogens (tertiary/aromatic N) is 4. The van der Waals surface area contributed by atoms with Gasteiger partial charge in [0.2, 0.25) is 15.9 Å². The topological polar surface area (TPSA) is 102 Å². The summed E-state index contributed by atoms with van der Waals surface area (Å²) in [4.78, 5) is 22.9. The summed E-state index contributed by atoms with van der Waals surface area (Å²) in [6.07, 6.45) is 6.14. The molecule has 1 aromatic carbocycles. The molecule has 1 amide bonds. The average Bonchev–Trinajstić information content (AvgIpc) is 2.80. The molecule has 30 heavy (non-hydrogen) atoms. The van der Waals surface area contributed by atoms with Gasteiger partial charge in [-0.1, -0.05) is 0 Å². The molecule has 2 aromatic rings. The number of benzene rings is 1. The maximum absolute atomic E-state index is 12.8. The molecule has 0 bridgehead atoms. The van der Waals surface area contributed by atoms with Crippen molar-refractivity contribution in [1.29, 1.82) is 0 Å². The van der Waals surface area contributed by atoms with Crippen molar-refractivity contribution in [3.05, 3.63) is 48.4 Å². The van der Waals surface area contributed by atoms with Crippen LogP contribution in [-0.4, -0.2) is 79.0 Å². The van der Waals surface area contributed by atoms with Crippen LogP contribution in [0.3, 0.4) is 0 Å². The smallest absolute Gasteiger partial charge is 0.253 e. The number of rotatable bonds is 5. The second-order valence-electron chi connectivity index (χ2n) is 7.19. The lowest BCUT2D eigenvalue weighted by Crippen LogP contribution is -2.42. The summed E-state index contributed by atoms with van der Waals surface area (Å²) >= 11 is 0. The van der Waals surface area contributed by atoms with Crippen LogP contribution in [0.15, 0.2) is 47.8 Å². The fraction of sp³-hybridized carbons (Fsp3) is 0.450. The van der Waals surface area contributed by atoms with E-state index >= 15 is 0 Å². The van der Waals surface area contributed by atoms with E-state index in [1.54, 1.807) is 35.6 Å². The molecule has 9 nitrogen and oxygen atoms in total. The summed E-state index contributed by atoms with van der Waals surface area (Å²) in [5, 5.41) is 0. The van der Waals surface area contributed by atoms with Crippen molar-refractivity contribution in [1.82, 2.24) is 19.2 Å². The first kappa shape index (κ1) is 20.7. The van der Waals surface area contributed by atoms with Crippen LogP contribution >= 0.6 is 0 Å². The van der Waals surface area contributed by atoms with Gasteiger partial charge in [-0.25, -0.2) is 13.4 Å². The lowest BCUT2D eigenvalue weighted by Gasteiger charge is -2.32. The summed E-state index contributed by atoms with van der Waals surface area (Å²) in [5.74, 6) is 0.377. The van der Waals surface area contributed by atoms with Crippen molar-refractivity contribution < 1.29 is 22.7 Å². The highest BCUT2D eigenvalue weighted by Crippen LogP contribution is 2.21. The lowest BCUT2D eigenvalue weighted by molar-refractivity contribution is 0.0587. The third-order valence-electron chi connectivity index (χ3n) is 5.27. The van der Waals surface area contributed by atoms with Crippen molar-refractivity contribution in [2.75, 3.05) is 39.4 Å². The number of carbonyl (C=O) groups is 1. The van der Waals surface area contributed by atoms with E-state index in [0.29, 0.717) is 63.7 Å². The summed E-state index contributed by atoms with van der Waals surface area (Å²) in [5.41, 5.74) is 0.476. The predicted octanol–water partition coefficient (Wildman–Crippen LogP) is 1.18. The molecular weight excluding hydrogens is 408 g/mol. The van der Waals surface area contributed by atoms with Crippen LogP contribution in [0, 0.1) is 0 Å². The van der Waals surface area contributed by atoms with E-state index in [2.05, 4.69) is 9.97 Å². The fourth-order valence-corrected chi connectivity index (χ4v) is 4.99. The van der Waals surface area contributed by atoms with Gasteiger partial charge in [0.05, 0.1) is 24.3 Å². The largest absolute Gasteiger partial charge is 0.473 e. The van der Waals surface area contributed by atoms with E-state index in [1.807, 2.05) is 0 Å². The van der Waals surface area contributed by atoms with Crippen molar-refractivity contribution in [2.45, 2.75) is 23.8 Å². The number of amides is 1. The SMILES string of the molecule is O=C(c1ccc(S(=O)(=O)N2CCOCC2)cc1)N1CCC(Oc2cnccn2)CC1. The van der Waals surface area contributed by atoms with E-state index in [0.717, 1.165) is 0 Å². The first-order chi connectivity index (χ1) is 14.5. The number of aromatic nitrogens is 2. The second-order valence-corrected chi connectivity index (χ2v) is 9.13. The second kappa shape index (κ2) is 9.07. The van der Waals surface area contributed by atoms with Crippen LogP contribution < -0.4 is 4.74 Å². The van der Waals surface area contributed by atoms with Crippen LogP contribution in [0.5, 0.6) is 5.88 Å². The van der Waals surface area contributed by atoms with E-state index in [9.17, 15) is 13.2 Å². The van der Waals surface area contributed by atoms with Crippen LogP contribution in [0.2, 0.25) is 0 Å². The summed E-state index contributed by atoms with van der Waals surface area (Å²) in [6, 6.07) is 6.17. The van der Waals surface area contributed by atoms with Gasteiger partial charge in [0.1, 0.15) is 6.10 Å². The normalized spacial score (nSPS) is 18.9. The Hall–Kier alpha value is -2.56. The molecule has 0 saturated carbocycles. The maximum atomic E-state index is 12.8.